The number of carbonyl (C=O) groups excluding carboxylic acids is 3. The molecular weight excluding hydrogens is 354 g/mol. The van der Waals surface area contributed by atoms with Crippen molar-refractivity contribution in [3.63, 3.8) is 0 Å². The van der Waals surface area contributed by atoms with E-state index in [0.717, 1.165) is 25.7 Å². The molecule has 0 saturated carbocycles. The quantitative estimate of drug-likeness (QED) is 0.474. The Morgan fingerprint density at radius 3 is 2.52 bits per heavy atom. The summed E-state index contributed by atoms with van der Waals surface area (Å²) in [5.74, 6) is -1.42. The number of hydrogen-bond donors (Lipinski definition) is 1. The fourth-order valence-electron chi connectivity index (χ4n) is 2.91. The molecule has 1 atom stereocenters. The minimum absolute atomic E-state index is 0.0421. The topological polar surface area (TPSA) is 119 Å². The number of piperidine rings is 1. The lowest BCUT2D eigenvalue weighted by Gasteiger charge is -2.33. The molecule has 2 amide bonds. The zero-order valence-corrected chi connectivity index (χ0v) is 15.6. The van der Waals surface area contributed by atoms with Crippen molar-refractivity contribution in [3.05, 3.63) is 39.4 Å². The lowest BCUT2D eigenvalue weighted by atomic mass is 10.0. The van der Waals surface area contributed by atoms with Gasteiger partial charge in [-0.3, -0.25) is 19.7 Å². The summed E-state index contributed by atoms with van der Waals surface area (Å²) in [6, 6.07) is 3.34. The Balaban J connectivity index is 2.23. The van der Waals surface area contributed by atoms with Crippen molar-refractivity contribution >= 4 is 23.5 Å². The van der Waals surface area contributed by atoms with Gasteiger partial charge in [0, 0.05) is 42.7 Å². The SMILES string of the molecule is COC(=O)c1cc(C(=O)N2CCCC(NC(=O)C(C)C)C2)cc([N+](=O)[O-])c1. The summed E-state index contributed by atoms with van der Waals surface area (Å²) in [6.45, 7) is 4.37. The lowest BCUT2D eigenvalue weighted by Crippen LogP contribution is -2.50. The monoisotopic (exact) mass is 377 g/mol. The number of ether oxygens (including phenoxy) is 1. The van der Waals surface area contributed by atoms with E-state index in [4.69, 9.17) is 0 Å². The van der Waals surface area contributed by atoms with Gasteiger partial charge in [-0.25, -0.2) is 4.79 Å². The van der Waals surface area contributed by atoms with Crippen LogP contribution >= 0.6 is 0 Å². The summed E-state index contributed by atoms with van der Waals surface area (Å²) in [4.78, 5) is 48.5. The Morgan fingerprint density at radius 1 is 1.26 bits per heavy atom. The first-order chi connectivity index (χ1) is 12.7. The van der Waals surface area contributed by atoms with Gasteiger partial charge in [0.05, 0.1) is 17.6 Å². The van der Waals surface area contributed by atoms with Crippen LogP contribution in [-0.4, -0.2) is 53.8 Å². The molecule has 1 aromatic carbocycles. The van der Waals surface area contributed by atoms with Crippen LogP contribution in [0, 0.1) is 16.0 Å². The van der Waals surface area contributed by atoms with Crippen LogP contribution in [0.4, 0.5) is 5.69 Å². The van der Waals surface area contributed by atoms with Crippen molar-refractivity contribution in [2.75, 3.05) is 20.2 Å². The summed E-state index contributed by atoms with van der Waals surface area (Å²) in [7, 11) is 1.16. The predicted octanol–water partition coefficient (Wildman–Crippen LogP) is 1.76. The van der Waals surface area contributed by atoms with Crippen molar-refractivity contribution in [1.82, 2.24) is 10.2 Å². The molecule has 0 aromatic heterocycles. The second-order valence-corrected chi connectivity index (χ2v) is 6.77. The summed E-state index contributed by atoms with van der Waals surface area (Å²) in [6.07, 6.45) is 1.46. The Hall–Kier alpha value is -2.97. The highest BCUT2D eigenvalue weighted by molar-refractivity contribution is 5.99. The number of non-ortho nitro benzene ring substituents is 1. The van der Waals surface area contributed by atoms with Gasteiger partial charge in [-0.1, -0.05) is 13.8 Å². The second kappa shape index (κ2) is 8.61. The predicted molar refractivity (Wildman–Crippen MR) is 96.3 cm³/mol. The third-order valence-electron chi connectivity index (χ3n) is 4.38. The first kappa shape index (κ1) is 20.3. The van der Waals surface area contributed by atoms with E-state index in [2.05, 4.69) is 10.1 Å². The maximum Gasteiger partial charge on any atom is 0.338 e. The van der Waals surface area contributed by atoms with Gasteiger partial charge in [-0.15, -0.1) is 0 Å². The van der Waals surface area contributed by atoms with Crippen LogP contribution in [0.1, 0.15) is 47.4 Å². The first-order valence-electron chi connectivity index (χ1n) is 8.70. The molecule has 1 heterocycles. The largest absolute Gasteiger partial charge is 0.465 e. The van der Waals surface area contributed by atoms with Crippen LogP contribution in [-0.2, 0) is 9.53 Å². The van der Waals surface area contributed by atoms with E-state index < -0.39 is 16.8 Å². The van der Waals surface area contributed by atoms with Crippen LogP contribution in [0.5, 0.6) is 0 Å². The van der Waals surface area contributed by atoms with Crippen molar-refractivity contribution in [2.24, 2.45) is 5.92 Å². The normalized spacial score (nSPS) is 16.7. The van der Waals surface area contributed by atoms with E-state index in [1.165, 1.54) is 11.0 Å². The minimum atomic E-state index is -0.756. The van der Waals surface area contributed by atoms with E-state index in [9.17, 15) is 24.5 Å². The Bertz CT molecular complexity index is 761. The van der Waals surface area contributed by atoms with Gasteiger partial charge in [-0.2, -0.15) is 0 Å². The number of nitro groups is 1. The molecule has 0 radical (unpaired) electrons. The minimum Gasteiger partial charge on any atom is -0.465 e. The van der Waals surface area contributed by atoms with Crippen LogP contribution in [0.3, 0.4) is 0 Å². The number of esters is 1. The molecule has 1 aliphatic heterocycles. The van der Waals surface area contributed by atoms with E-state index in [1.54, 1.807) is 13.8 Å². The van der Waals surface area contributed by atoms with E-state index >= 15 is 0 Å². The van der Waals surface area contributed by atoms with E-state index in [-0.39, 0.29) is 34.7 Å². The zero-order chi connectivity index (χ0) is 20.1. The molecule has 1 fully saturated rings. The molecule has 1 saturated heterocycles. The Kier molecular flexibility index (Phi) is 6.49. The number of likely N-dealkylation sites (tertiary alicyclic amines) is 1. The number of amides is 2. The van der Waals surface area contributed by atoms with Crippen LogP contribution in [0.2, 0.25) is 0 Å². The lowest BCUT2D eigenvalue weighted by molar-refractivity contribution is -0.384. The summed E-state index contributed by atoms with van der Waals surface area (Å²) < 4.78 is 4.60. The van der Waals surface area contributed by atoms with Gasteiger partial charge >= 0.3 is 5.97 Å². The van der Waals surface area contributed by atoms with Gasteiger partial charge in [-0.05, 0) is 18.9 Å². The van der Waals surface area contributed by atoms with Gasteiger partial charge in [0.1, 0.15) is 0 Å². The number of rotatable bonds is 5. The van der Waals surface area contributed by atoms with Crippen molar-refractivity contribution < 1.29 is 24.0 Å². The summed E-state index contributed by atoms with van der Waals surface area (Å²) in [5.41, 5.74) is -0.375. The molecule has 0 spiro atoms. The molecule has 9 heteroatoms. The van der Waals surface area contributed by atoms with Crippen molar-refractivity contribution in [2.45, 2.75) is 32.7 Å². The highest BCUT2D eigenvalue weighted by atomic mass is 16.6. The van der Waals surface area contributed by atoms with Crippen LogP contribution in [0.15, 0.2) is 18.2 Å². The molecule has 1 unspecified atom stereocenters. The van der Waals surface area contributed by atoms with Crippen molar-refractivity contribution in [3.8, 4) is 0 Å². The molecule has 0 bridgehead atoms. The molecule has 9 nitrogen and oxygen atoms in total. The zero-order valence-electron chi connectivity index (χ0n) is 15.6. The number of nitrogens with zero attached hydrogens (tertiary/aromatic N) is 2. The van der Waals surface area contributed by atoms with Gasteiger partial charge in [0.2, 0.25) is 5.91 Å². The third-order valence-corrected chi connectivity index (χ3v) is 4.38. The number of benzene rings is 1. The Morgan fingerprint density at radius 2 is 1.93 bits per heavy atom. The van der Waals surface area contributed by atoms with Gasteiger partial charge < -0.3 is 15.0 Å². The molecular formula is C18H23N3O6. The Labute approximate surface area is 156 Å². The molecule has 1 aromatic rings. The molecule has 2 rings (SSSR count). The maximum atomic E-state index is 12.8. The molecule has 27 heavy (non-hydrogen) atoms. The van der Waals surface area contributed by atoms with Gasteiger partial charge in [0.15, 0.2) is 0 Å². The summed E-state index contributed by atoms with van der Waals surface area (Å²) in [5, 5.41) is 14.0. The number of carbonyl (C=O) groups is 3. The second-order valence-electron chi connectivity index (χ2n) is 6.77. The fourth-order valence-corrected chi connectivity index (χ4v) is 2.91. The number of hydrogen-bond acceptors (Lipinski definition) is 6. The average Bonchev–Trinajstić information content (AvgIpc) is 2.66. The van der Waals surface area contributed by atoms with Crippen LogP contribution in [0.25, 0.3) is 0 Å². The van der Waals surface area contributed by atoms with Gasteiger partial charge in [0.25, 0.3) is 11.6 Å². The highest BCUT2D eigenvalue weighted by Crippen LogP contribution is 2.21. The molecule has 0 aliphatic carbocycles. The molecule has 1 aliphatic rings. The third kappa shape index (κ3) is 5.02. The highest BCUT2D eigenvalue weighted by Gasteiger charge is 2.28. The first-order valence-corrected chi connectivity index (χ1v) is 8.70. The number of methoxy groups -OCH3 is 1. The average molecular weight is 377 g/mol. The van der Waals surface area contributed by atoms with Crippen LogP contribution < -0.4 is 5.32 Å². The fraction of sp³-hybridized carbons (Fsp3) is 0.500. The smallest absolute Gasteiger partial charge is 0.338 e. The van der Waals surface area contributed by atoms with E-state index in [0.29, 0.717) is 19.5 Å². The summed E-state index contributed by atoms with van der Waals surface area (Å²) >= 11 is 0. The van der Waals surface area contributed by atoms with E-state index in [1.807, 2.05) is 0 Å². The number of nitro benzene ring substituents is 1. The number of nitrogens with one attached hydrogen (secondary N) is 1. The standard InChI is InChI=1S/C18H23N3O6/c1-11(2)16(22)19-14-5-4-6-20(10-14)17(23)12-7-13(18(24)27-3)9-15(8-12)21(25)26/h7-9,11,14H,4-6,10H2,1-3H3,(H,19,22). The maximum absolute atomic E-state index is 12.8. The molecule has 1 N–H and O–H groups in total. The van der Waals surface area contributed by atoms with Crippen molar-refractivity contribution in [1.29, 1.82) is 0 Å². The molecule has 146 valence electrons.